The molecule has 0 aliphatic rings. The van der Waals surface area contributed by atoms with Gasteiger partial charge in [0.15, 0.2) is 0 Å². The monoisotopic (exact) mass is 326 g/mol. The van der Waals surface area contributed by atoms with Crippen LogP contribution in [-0.4, -0.2) is 38.5 Å². The van der Waals surface area contributed by atoms with Gasteiger partial charge in [-0.25, -0.2) is 15.0 Å². The van der Waals surface area contributed by atoms with Crippen molar-refractivity contribution in [2.24, 2.45) is 0 Å². The number of anilines is 1. The molecule has 0 aromatic carbocycles. The van der Waals surface area contributed by atoms with Gasteiger partial charge in [0.1, 0.15) is 30.6 Å². The van der Waals surface area contributed by atoms with Gasteiger partial charge in [0.2, 0.25) is 0 Å². The summed E-state index contributed by atoms with van der Waals surface area (Å²) in [6.07, 6.45) is 6.11. The van der Waals surface area contributed by atoms with Crippen LogP contribution in [0.3, 0.4) is 0 Å². The first-order valence-electron chi connectivity index (χ1n) is 7.52. The molecule has 0 aliphatic heterocycles. The van der Waals surface area contributed by atoms with E-state index in [1.54, 1.807) is 12.4 Å². The van der Waals surface area contributed by atoms with E-state index in [4.69, 9.17) is 4.42 Å². The Bertz CT molecular complexity index is 825. The van der Waals surface area contributed by atoms with E-state index in [1.807, 2.05) is 24.5 Å². The Kier molecular flexibility index (Phi) is 4.55. The molecule has 3 aromatic heterocycles. The van der Waals surface area contributed by atoms with Gasteiger partial charge in [-0.15, -0.1) is 0 Å². The third-order valence-corrected chi connectivity index (χ3v) is 3.65. The van der Waals surface area contributed by atoms with E-state index in [-0.39, 0.29) is 5.91 Å². The maximum Gasteiger partial charge on any atom is 0.254 e. The second-order valence-corrected chi connectivity index (χ2v) is 5.24. The first-order chi connectivity index (χ1) is 11.6. The molecule has 0 radical (unpaired) electrons. The smallest absolute Gasteiger partial charge is 0.254 e. The molecule has 124 valence electrons. The predicted octanol–water partition coefficient (Wildman–Crippen LogP) is 1.71. The summed E-state index contributed by atoms with van der Waals surface area (Å²) in [5.41, 5.74) is 2.50. The molecule has 0 fully saturated rings. The van der Waals surface area contributed by atoms with Crippen LogP contribution in [-0.2, 0) is 0 Å². The average Bonchev–Trinajstić information content (AvgIpc) is 3.23. The van der Waals surface area contributed by atoms with Crippen LogP contribution in [0, 0.1) is 13.8 Å². The predicted molar refractivity (Wildman–Crippen MR) is 88.2 cm³/mol. The van der Waals surface area contributed by atoms with E-state index in [1.165, 1.54) is 18.9 Å². The quantitative estimate of drug-likeness (QED) is 0.669. The summed E-state index contributed by atoms with van der Waals surface area (Å²) < 4.78 is 6.78. The first-order valence-corrected chi connectivity index (χ1v) is 7.52. The lowest BCUT2D eigenvalue weighted by Crippen LogP contribution is -2.28. The van der Waals surface area contributed by atoms with E-state index in [2.05, 4.69) is 25.6 Å². The molecule has 0 bridgehead atoms. The number of carbonyl (C=O) groups excluding carboxylic acids is 1. The second-order valence-electron chi connectivity index (χ2n) is 5.24. The minimum absolute atomic E-state index is 0.168. The summed E-state index contributed by atoms with van der Waals surface area (Å²) in [5, 5.41) is 5.95. The fourth-order valence-electron chi connectivity index (χ4n) is 2.17. The molecule has 0 saturated carbocycles. The zero-order valence-electron chi connectivity index (χ0n) is 13.5. The molecule has 0 atom stereocenters. The van der Waals surface area contributed by atoms with Crippen molar-refractivity contribution in [3.63, 3.8) is 0 Å². The molecule has 0 spiro atoms. The third kappa shape index (κ3) is 3.43. The standard InChI is InChI=1S/C16H18N6O2/c1-11-12(2)22(10-21-11)15-7-14(19-9-20-15)17-4-5-18-16(23)13-3-6-24-8-13/h3,6-10H,4-5H2,1-2H3,(H,18,23)(H,17,19,20). The number of aryl methyl sites for hydroxylation is 1. The summed E-state index contributed by atoms with van der Waals surface area (Å²) in [5.74, 6) is 1.26. The van der Waals surface area contributed by atoms with Crippen LogP contribution in [0.15, 0.2) is 41.7 Å². The number of hydrogen-bond acceptors (Lipinski definition) is 6. The maximum absolute atomic E-state index is 11.8. The Morgan fingerprint density at radius 1 is 1.25 bits per heavy atom. The highest BCUT2D eigenvalue weighted by molar-refractivity contribution is 5.93. The normalized spacial score (nSPS) is 10.6. The largest absolute Gasteiger partial charge is 0.472 e. The molecule has 3 aromatic rings. The lowest BCUT2D eigenvalue weighted by atomic mass is 10.3. The lowest BCUT2D eigenvalue weighted by Gasteiger charge is -2.09. The number of rotatable bonds is 6. The van der Waals surface area contributed by atoms with Crippen LogP contribution < -0.4 is 10.6 Å². The first kappa shape index (κ1) is 15.7. The number of hydrogen-bond donors (Lipinski definition) is 2. The molecule has 0 aliphatic carbocycles. The molecular weight excluding hydrogens is 308 g/mol. The summed E-state index contributed by atoms with van der Waals surface area (Å²) in [4.78, 5) is 24.5. The highest BCUT2D eigenvalue weighted by Crippen LogP contribution is 2.13. The highest BCUT2D eigenvalue weighted by atomic mass is 16.3. The topological polar surface area (TPSA) is 97.9 Å². The number of amides is 1. The fraction of sp³-hybridized carbons (Fsp3) is 0.250. The summed E-state index contributed by atoms with van der Waals surface area (Å²) in [6.45, 7) is 4.95. The van der Waals surface area contributed by atoms with Gasteiger partial charge in [-0.05, 0) is 19.9 Å². The van der Waals surface area contributed by atoms with E-state index >= 15 is 0 Å². The minimum atomic E-state index is -0.168. The molecule has 8 nitrogen and oxygen atoms in total. The Labute approximate surface area is 139 Å². The van der Waals surface area contributed by atoms with Crippen LogP contribution in [0.5, 0.6) is 0 Å². The van der Waals surface area contributed by atoms with Crippen molar-refractivity contribution in [3.8, 4) is 5.82 Å². The van der Waals surface area contributed by atoms with Crippen LogP contribution >= 0.6 is 0 Å². The van der Waals surface area contributed by atoms with E-state index in [0.717, 1.165) is 17.2 Å². The molecule has 3 rings (SSSR count). The number of nitrogens with zero attached hydrogens (tertiary/aromatic N) is 4. The van der Waals surface area contributed by atoms with Crippen LogP contribution in [0.25, 0.3) is 5.82 Å². The highest BCUT2D eigenvalue weighted by Gasteiger charge is 2.07. The van der Waals surface area contributed by atoms with Crippen LogP contribution in [0.2, 0.25) is 0 Å². The summed E-state index contributed by atoms with van der Waals surface area (Å²) in [7, 11) is 0. The van der Waals surface area contributed by atoms with Crippen molar-refractivity contribution in [3.05, 3.63) is 54.3 Å². The molecule has 8 heteroatoms. The Morgan fingerprint density at radius 2 is 2.12 bits per heavy atom. The molecule has 1 amide bonds. The third-order valence-electron chi connectivity index (χ3n) is 3.65. The average molecular weight is 326 g/mol. The lowest BCUT2D eigenvalue weighted by molar-refractivity contribution is 0.0954. The van der Waals surface area contributed by atoms with Crippen molar-refractivity contribution in [2.75, 3.05) is 18.4 Å². The zero-order valence-corrected chi connectivity index (χ0v) is 13.5. The fourth-order valence-corrected chi connectivity index (χ4v) is 2.17. The Morgan fingerprint density at radius 3 is 2.83 bits per heavy atom. The summed E-state index contributed by atoms with van der Waals surface area (Å²) in [6, 6.07) is 3.46. The number of imidazole rings is 1. The molecule has 24 heavy (non-hydrogen) atoms. The van der Waals surface area contributed by atoms with Gasteiger partial charge in [0.05, 0.1) is 17.5 Å². The number of carbonyl (C=O) groups is 1. The summed E-state index contributed by atoms with van der Waals surface area (Å²) >= 11 is 0. The van der Waals surface area contributed by atoms with Crippen LogP contribution in [0.4, 0.5) is 5.82 Å². The number of nitrogens with one attached hydrogen (secondary N) is 2. The minimum Gasteiger partial charge on any atom is -0.472 e. The van der Waals surface area contributed by atoms with E-state index in [9.17, 15) is 4.79 Å². The van der Waals surface area contributed by atoms with Crippen molar-refractivity contribution < 1.29 is 9.21 Å². The molecule has 0 unspecified atom stereocenters. The van der Waals surface area contributed by atoms with Crippen molar-refractivity contribution in [2.45, 2.75) is 13.8 Å². The van der Waals surface area contributed by atoms with Gasteiger partial charge in [0, 0.05) is 24.8 Å². The van der Waals surface area contributed by atoms with Crippen molar-refractivity contribution >= 4 is 11.7 Å². The van der Waals surface area contributed by atoms with Gasteiger partial charge in [-0.3, -0.25) is 9.36 Å². The van der Waals surface area contributed by atoms with Gasteiger partial charge in [-0.1, -0.05) is 0 Å². The Balaban J connectivity index is 1.55. The Hall–Kier alpha value is -3.16. The van der Waals surface area contributed by atoms with Crippen molar-refractivity contribution in [1.82, 2.24) is 24.8 Å². The SMILES string of the molecule is Cc1ncn(-c2cc(NCCNC(=O)c3ccoc3)ncn2)c1C. The second kappa shape index (κ2) is 6.95. The van der Waals surface area contributed by atoms with Gasteiger partial charge < -0.3 is 15.1 Å². The van der Waals surface area contributed by atoms with E-state index < -0.39 is 0 Å². The maximum atomic E-state index is 11.8. The van der Waals surface area contributed by atoms with E-state index in [0.29, 0.717) is 24.5 Å². The number of aromatic nitrogens is 4. The van der Waals surface area contributed by atoms with Crippen LogP contribution in [0.1, 0.15) is 21.7 Å². The number of furan rings is 1. The van der Waals surface area contributed by atoms with Gasteiger partial charge >= 0.3 is 0 Å². The zero-order chi connectivity index (χ0) is 16.9. The van der Waals surface area contributed by atoms with Crippen molar-refractivity contribution in [1.29, 1.82) is 0 Å². The molecule has 2 N–H and O–H groups in total. The molecule has 3 heterocycles. The van der Waals surface area contributed by atoms with Gasteiger partial charge in [0.25, 0.3) is 5.91 Å². The molecule has 0 saturated heterocycles. The molecular formula is C16H18N6O2. The van der Waals surface area contributed by atoms with Gasteiger partial charge in [-0.2, -0.15) is 0 Å².